The largest absolute Gasteiger partial charge is 0.378 e. The molecule has 0 radical (unpaired) electrons. The molecule has 3 heteroatoms. The molecule has 0 N–H and O–H groups in total. The van der Waals surface area contributed by atoms with E-state index >= 15 is 0 Å². The van der Waals surface area contributed by atoms with Gasteiger partial charge >= 0.3 is 0 Å². The monoisotopic (exact) mass is 282 g/mol. The fourth-order valence-electron chi connectivity index (χ4n) is 2.28. The van der Waals surface area contributed by atoms with Crippen LogP contribution in [0, 0.1) is 13.8 Å². The van der Waals surface area contributed by atoms with Gasteiger partial charge in [0.25, 0.3) is 0 Å². The molecule has 0 unspecified atom stereocenters. The van der Waals surface area contributed by atoms with Crippen molar-refractivity contribution in [1.82, 2.24) is 4.98 Å². The van der Waals surface area contributed by atoms with Crippen LogP contribution in [0.3, 0.4) is 0 Å². The summed E-state index contributed by atoms with van der Waals surface area (Å²) in [4.78, 5) is 6.93. The average Bonchev–Trinajstić information content (AvgIpc) is 2.83. The summed E-state index contributed by atoms with van der Waals surface area (Å²) >= 11 is 1.76. The van der Waals surface area contributed by atoms with Gasteiger partial charge in [0.2, 0.25) is 0 Å². The molecule has 0 aliphatic rings. The van der Waals surface area contributed by atoms with Gasteiger partial charge in [-0.25, -0.2) is 4.98 Å². The minimum atomic E-state index is 1.08. The summed E-state index contributed by atoms with van der Waals surface area (Å²) in [6, 6.07) is 13.0. The second-order valence-electron chi connectivity index (χ2n) is 5.38. The maximum atomic E-state index is 4.82. The Kier molecular flexibility index (Phi) is 3.22. The summed E-state index contributed by atoms with van der Waals surface area (Å²) in [6.07, 6.45) is 0. The van der Waals surface area contributed by atoms with E-state index in [0.717, 1.165) is 10.5 Å². The molecule has 0 spiro atoms. The van der Waals surface area contributed by atoms with Crippen LogP contribution in [0.2, 0.25) is 0 Å². The zero-order valence-corrected chi connectivity index (χ0v) is 13.1. The molecule has 0 fully saturated rings. The van der Waals surface area contributed by atoms with Gasteiger partial charge < -0.3 is 4.90 Å². The van der Waals surface area contributed by atoms with Crippen LogP contribution in [0.1, 0.15) is 11.1 Å². The lowest BCUT2D eigenvalue weighted by Gasteiger charge is -2.11. The van der Waals surface area contributed by atoms with Crippen LogP contribution in [0.25, 0.3) is 20.8 Å². The molecule has 0 amide bonds. The van der Waals surface area contributed by atoms with Crippen molar-refractivity contribution in [3.05, 3.63) is 47.5 Å². The lowest BCUT2D eigenvalue weighted by molar-refractivity contribution is 1.13. The summed E-state index contributed by atoms with van der Waals surface area (Å²) in [5, 5.41) is 1.11. The first kappa shape index (κ1) is 13.1. The first-order valence-corrected chi connectivity index (χ1v) is 7.52. The van der Waals surface area contributed by atoms with E-state index in [4.69, 9.17) is 4.98 Å². The van der Waals surface area contributed by atoms with Crippen LogP contribution in [0.5, 0.6) is 0 Å². The van der Waals surface area contributed by atoms with E-state index in [1.54, 1.807) is 11.3 Å². The summed E-state index contributed by atoms with van der Waals surface area (Å²) in [6.45, 7) is 4.27. The number of thiazole rings is 1. The Hall–Kier alpha value is -1.87. The van der Waals surface area contributed by atoms with Crippen molar-refractivity contribution >= 4 is 27.2 Å². The average molecular weight is 282 g/mol. The van der Waals surface area contributed by atoms with Gasteiger partial charge in [0.05, 0.1) is 10.2 Å². The van der Waals surface area contributed by atoms with E-state index in [2.05, 4.69) is 69.2 Å². The molecule has 3 aromatic rings. The summed E-state index contributed by atoms with van der Waals surface area (Å²) in [7, 11) is 4.11. The van der Waals surface area contributed by atoms with Crippen molar-refractivity contribution in [3.8, 4) is 10.6 Å². The SMILES string of the molecule is Cc1ccc(C)c(-c2nc3cc(N(C)C)ccc3s2)c1. The van der Waals surface area contributed by atoms with Crippen molar-refractivity contribution in [2.75, 3.05) is 19.0 Å². The molecule has 102 valence electrons. The van der Waals surface area contributed by atoms with Gasteiger partial charge in [-0.1, -0.05) is 17.7 Å². The van der Waals surface area contributed by atoms with E-state index < -0.39 is 0 Å². The van der Waals surface area contributed by atoms with E-state index in [9.17, 15) is 0 Å². The number of hydrogen-bond donors (Lipinski definition) is 0. The molecule has 20 heavy (non-hydrogen) atoms. The Morgan fingerprint density at radius 1 is 1.00 bits per heavy atom. The topological polar surface area (TPSA) is 16.1 Å². The molecule has 2 aromatic carbocycles. The molecule has 0 aliphatic carbocycles. The second kappa shape index (κ2) is 4.91. The Morgan fingerprint density at radius 3 is 2.55 bits per heavy atom. The maximum absolute atomic E-state index is 4.82. The van der Waals surface area contributed by atoms with Crippen molar-refractivity contribution < 1.29 is 0 Å². The molecule has 3 rings (SSSR count). The first-order valence-electron chi connectivity index (χ1n) is 6.70. The van der Waals surface area contributed by atoms with E-state index in [1.807, 2.05) is 0 Å². The smallest absolute Gasteiger partial charge is 0.124 e. The zero-order valence-electron chi connectivity index (χ0n) is 12.3. The highest BCUT2D eigenvalue weighted by atomic mass is 32.1. The molecule has 1 aromatic heterocycles. The first-order chi connectivity index (χ1) is 9.54. The van der Waals surface area contributed by atoms with Gasteiger partial charge in [-0.2, -0.15) is 0 Å². The molecule has 0 bridgehead atoms. The Balaban J connectivity index is 2.15. The summed E-state index contributed by atoms with van der Waals surface area (Å²) in [5.74, 6) is 0. The quantitative estimate of drug-likeness (QED) is 0.680. The third-order valence-electron chi connectivity index (χ3n) is 3.51. The van der Waals surface area contributed by atoms with Crippen molar-refractivity contribution in [3.63, 3.8) is 0 Å². The standard InChI is InChI=1S/C17H18N2S/c1-11-5-6-12(2)14(9-11)17-18-15-10-13(19(3)4)7-8-16(15)20-17/h5-10H,1-4H3. The Bertz CT molecular complexity index is 772. The number of aromatic nitrogens is 1. The van der Waals surface area contributed by atoms with Gasteiger partial charge in [-0.3, -0.25) is 0 Å². The van der Waals surface area contributed by atoms with Gasteiger partial charge in [-0.15, -0.1) is 11.3 Å². The van der Waals surface area contributed by atoms with Crippen LogP contribution in [0.4, 0.5) is 5.69 Å². The number of anilines is 1. The molecular formula is C17H18N2S. The fraction of sp³-hybridized carbons (Fsp3) is 0.235. The Labute approximate surface area is 123 Å². The highest BCUT2D eigenvalue weighted by Gasteiger charge is 2.10. The van der Waals surface area contributed by atoms with Crippen LogP contribution < -0.4 is 4.90 Å². The molecule has 1 heterocycles. The number of fused-ring (bicyclic) bond motifs is 1. The molecule has 0 saturated heterocycles. The highest BCUT2D eigenvalue weighted by Crippen LogP contribution is 2.33. The lowest BCUT2D eigenvalue weighted by Crippen LogP contribution is -2.07. The predicted molar refractivity (Wildman–Crippen MR) is 88.9 cm³/mol. The zero-order chi connectivity index (χ0) is 14.3. The molecule has 0 saturated carbocycles. The summed E-state index contributed by atoms with van der Waals surface area (Å²) < 4.78 is 1.24. The van der Waals surface area contributed by atoms with E-state index in [0.29, 0.717) is 0 Å². The highest BCUT2D eigenvalue weighted by molar-refractivity contribution is 7.21. The normalized spacial score (nSPS) is 11.0. The van der Waals surface area contributed by atoms with Crippen LogP contribution >= 0.6 is 11.3 Å². The van der Waals surface area contributed by atoms with Crippen molar-refractivity contribution in [1.29, 1.82) is 0 Å². The number of rotatable bonds is 2. The van der Waals surface area contributed by atoms with E-state index in [-0.39, 0.29) is 0 Å². The minimum Gasteiger partial charge on any atom is -0.378 e. The molecule has 2 nitrogen and oxygen atoms in total. The summed E-state index contributed by atoms with van der Waals surface area (Å²) in [5.41, 5.74) is 6.08. The second-order valence-corrected chi connectivity index (χ2v) is 6.41. The van der Waals surface area contributed by atoms with Crippen LogP contribution in [0.15, 0.2) is 36.4 Å². The van der Waals surface area contributed by atoms with Crippen molar-refractivity contribution in [2.24, 2.45) is 0 Å². The fourth-order valence-corrected chi connectivity index (χ4v) is 3.30. The predicted octanol–water partition coefficient (Wildman–Crippen LogP) is 4.65. The molecule has 0 aliphatic heterocycles. The number of aryl methyl sites for hydroxylation is 2. The third kappa shape index (κ3) is 2.29. The Morgan fingerprint density at radius 2 is 1.80 bits per heavy atom. The lowest BCUT2D eigenvalue weighted by atomic mass is 10.1. The van der Waals surface area contributed by atoms with Gasteiger partial charge in [0.1, 0.15) is 5.01 Å². The third-order valence-corrected chi connectivity index (χ3v) is 4.58. The van der Waals surface area contributed by atoms with E-state index in [1.165, 1.54) is 27.1 Å². The van der Waals surface area contributed by atoms with Gasteiger partial charge in [0.15, 0.2) is 0 Å². The van der Waals surface area contributed by atoms with Gasteiger partial charge in [0, 0.05) is 25.3 Å². The maximum Gasteiger partial charge on any atom is 0.124 e. The molecule has 0 atom stereocenters. The van der Waals surface area contributed by atoms with Gasteiger partial charge in [-0.05, 0) is 43.7 Å². The van der Waals surface area contributed by atoms with Crippen LogP contribution in [-0.2, 0) is 0 Å². The number of hydrogen-bond acceptors (Lipinski definition) is 3. The molecular weight excluding hydrogens is 264 g/mol. The van der Waals surface area contributed by atoms with Crippen molar-refractivity contribution in [2.45, 2.75) is 13.8 Å². The van der Waals surface area contributed by atoms with Crippen LogP contribution in [-0.4, -0.2) is 19.1 Å². The number of benzene rings is 2. The minimum absolute atomic E-state index is 1.08. The number of nitrogens with zero attached hydrogens (tertiary/aromatic N) is 2.